The molecule has 0 atom stereocenters. The van der Waals surface area contributed by atoms with Crippen LogP contribution in [0.2, 0.25) is 0 Å². The summed E-state index contributed by atoms with van der Waals surface area (Å²) in [4.78, 5) is 72.7. The molecule has 5 N–H and O–H groups in total. The van der Waals surface area contributed by atoms with Crippen molar-refractivity contribution in [1.29, 1.82) is 0 Å². The van der Waals surface area contributed by atoms with E-state index in [9.17, 15) is 24.3 Å². The van der Waals surface area contributed by atoms with E-state index in [0.29, 0.717) is 52.1 Å². The van der Waals surface area contributed by atoms with Gasteiger partial charge in [0.15, 0.2) is 10.2 Å². The molecular weight excluding hydrogens is 655 g/mol. The zero-order chi connectivity index (χ0) is 33.5. The standard InChI is InChI=1S/C17H15N5O2S.C15H10N4O3S/c1-22(2)17(24)11-7-18-15-14(11)16(20-8-19-15)21-10-4-3-9-5-13(23)25-12(9)6-10;20-11-3-7-1-2-8(4-10(7)23-11)19-14-12-9(15(21)22)5-16-13(12)17-6-18-14/h3-4,6-8H,5H2,1-2H3,(H2,18,19,20,21);1-2,4-6H,3H2,(H,21,22)(H2,16,17,18,19). The molecule has 6 aromatic rings. The van der Waals surface area contributed by atoms with E-state index in [-0.39, 0.29) is 21.7 Å². The zero-order valence-electron chi connectivity index (χ0n) is 25.3. The van der Waals surface area contributed by atoms with Crippen molar-refractivity contribution in [2.75, 3.05) is 24.7 Å². The summed E-state index contributed by atoms with van der Waals surface area (Å²) in [5.74, 6) is -0.225. The Morgan fingerprint density at radius 3 is 1.71 bits per heavy atom. The van der Waals surface area contributed by atoms with Crippen LogP contribution >= 0.6 is 23.5 Å². The van der Waals surface area contributed by atoms with Crippen LogP contribution in [0.25, 0.3) is 22.1 Å². The highest BCUT2D eigenvalue weighted by Gasteiger charge is 2.23. The molecule has 0 spiro atoms. The fourth-order valence-corrected chi connectivity index (χ4v) is 7.20. The Morgan fingerprint density at radius 2 is 1.23 bits per heavy atom. The smallest absolute Gasteiger partial charge is 0.338 e. The van der Waals surface area contributed by atoms with E-state index in [1.807, 2.05) is 36.4 Å². The van der Waals surface area contributed by atoms with Crippen LogP contribution in [-0.4, -0.2) is 76.1 Å². The number of carbonyl (C=O) groups excluding carboxylic acids is 3. The fourth-order valence-electron chi connectivity index (χ4n) is 5.34. The van der Waals surface area contributed by atoms with Gasteiger partial charge in [-0.15, -0.1) is 0 Å². The number of anilines is 4. The third-order valence-corrected chi connectivity index (χ3v) is 9.53. The van der Waals surface area contributed by atoms with Crippen molar-refractivity contribution >= 4 is 90.7 Å². The molecule has 6 heterocycles. The number of carboxylic acid groups (broad SMARTS) is 1. The van der Waals surface area contributed by atoms with E-state index in [4.69, 9.17) is 0 Å². The minimum Gasteiger partial charge on any atom is -0.478 e. The average molecular weight is 680 g/mol. The molecular formula is C32H25N9O5S2. The van der Waals surface area contributed by atoms with Crippen molar-refractivity contribution in [3.05, 3.63) is 83.7 Å². The number of amides is 1. The van der Waals surface area contributed by atoms with Crippen LogP contribution in [0.3, 0.4) is 0 Å². The molecule has 0 aliphatic carbocycles. The zero-order valence-corrected chi connectivity index (χ0v) is 27.0. The maximum Gasteiger partial charge on any atom is 0.338 e. The summed E-state index contributed by atoms with van der Waals surface area (Å²) in [5.41, 5.74) is 5.25. The van der Waals surface area contributed by atoms with E-state index in [2.05, 4.69) is 40.5 Å². The number of fused-ring (bicyclic) bond motifs is 4. The molecule has 0 unspecified atom stereocenters. The number of hydrogen-bond acceptors (Lipinski definition) is 12. The largest absolute Gasteiger partial charge is 0.478 e. The monoisotopic (exact) mass is 679 g/mol. The molecule has 0 fully saturated rings. The van der Waals surface area contributed by atoms with Gasteiger partial charge < -0.3 is 30.6 Å². The molecule has 2 aliphatic rings. The third kappa shape index (κ3) is 5.93. The molecule has 1 amide bonds. The number of benzene rings is 2. The lowest BCUT2D eigenvalue weighted by molar-refractivity contribution is -0.110. The first-order valence-corrected chi connectivity index (χ1v) is 16.1. The first kappa shape index (κ1) is 30.9. The molecule has 48 heavy (non-hydrogen) atoms. The average Bonchev–Trinajstić information content (AvgIpc) is 3.84. The van der Waals surface area contributed by atoms with Crippen molar-refractivity contribution in [3.63, 3.8) is 0 Å². The predicted molar refractivity (Wildman–Crippen MR) is 181 cm³/mol. The Kier molecular flexibility index (Phi) is 8.02. The number of carboxylic acids is 1. The number of aromatic nitrogens is 6. The maximum atomic E-state index is 12.4. The van der Waals surface area contributed by atoms with Crippen molar-refractivity contribution in [3.8, 4) is 0 Å². The number of hydrogen-bond donors (Lipinski definition) is 5. The summed E-state index contributed by atoms with van der Waals surface area (Å²) in [6.07, 6.45) is 6.75. The SMILES string of the molecule is CN(C)C(=O)c1c[nH]c2ncnc(Nc3ccc4c(c3)SC(=O)C4)c12.O=C1Cc2ccc(Nc3ncnc4[nH]cc(C(=O)O)c34)cc2S1. The van der Waals surface area contributed by atoms with Gasteiger partial charge in [-0.05, 0) is 35.4 Å². The van der Waals surface area contributed by atoms with E-state index in [0.717, 1.165) is 32.3 Å². The molecule has 8 rings (SSSR count). The normalized spacial score (nSPS) is 13.2. The molecule has 0 saturated carbocycles. The molecule has 0 bridgehead atoms. The molecule has 0 saturated heterocycles. The van der Waals surface area contributed by atoms with E-state index in [1.54, 1.807) is 20.3 Å². The summed E-state index contributed by atoms with van der Waals surface area (Å²) in [6.45, 7) is 0. The summed E-state index contributed by atoms with van der Waals surface area (Å²) in [5, 5.41) is 17.0. The molecule has 14 nitrogen and oxygen atoms in total. The number of thioether (sulfide) groups is 2. The lowest BCUT2D eigenvalue weighted by atomic mass is 10.1. The first-order valence-electron chi connectivity index (χ1n) is 14.4. The molecule has 2 aromatic carbocycles. The summed E-state index contributed by atoms with van der Waals surface area (Å²) < 4.78 is 0. The van der Waals surface area contributed by atoms with Gasteiger partial charge >= 0.3 is 5.97 Å². The van der Waals surface area contributed by atoms with Gasteiger partial charge in [0.25, 0.3) is 5.91 Å². The Bertz CT molecular complexity index is 2300. The molecule has 4 aromatic heterocycles. The van der Waals surface area contributed by atoms with Crippen LogP contribution in [0, 0.1) is 0 Å². The van der Waals surface area contributed by atoms with Crippen LogP contribution in [0.1, 0.15) is 31.8 Å². The maximum absolute atomic E-state index is 12.4. The number of H-pyrrole nitrogens is 2. The van der Waals surface area contributed by atoms with Gasteiger partial charge in [-0.25, -0.2) is 24.7 Å². The van der Waals surface area contributed by atoms with Crippen LogP contribution < -0.4 is 10.6 Å². The number of nitrogens with one attached hydrogen (secondary N) is 4. The minimum absolute atomic E-state index is 0.105. The van der Waals surface area contributed by atoms with Crippen LogP contribution in [0.5, 0.6) is 0 Å². The van der Waals surface area contributed by atoms with Crippen molar-refractivity contribution in [2.45, 2.75) is 22.6 Å². The quantitative estimate of drug-likeness (QED) is 0.155. The van der Waals surface area contributed by atoms with E-state index in [1.165, 1.54) is 47.3 Å². The highest BCUT2D eigenvalue weighted by Crippen LogP contribution is 2.37. The number of rotatable bonds is 6. The highest BCUT2D eigenvalue weighted by atomic mass is 32.2. The van der Waals surface area contributed by atoms with Crippen molar-refractivity contribution in [2.24, 2.45) is 0 Å². The summed E-state index contributed by atoms with van der Waals surface area (Å²) in [7, 11) is 3.40. The van der Waals surface area contributed by atoms with Crippen LogP contribution in [0.4, 0.5) is 23.0 Å². The highest BCUT2D eigenvalue weighted by molar-refractivity contribution is 8.14. The Morgan fingerprint density at radius 1 is 0.750 bits per heavy atom. The van der Waals surface area contributed by atoms with Gasteiger partial charge in [0, 0.05) is 60.5 Å². The third-order valence-electron chi connectivity index (χ3n) is 7.58. The van der Waals surface area contributed by atoms with Gasteiger partial charge in [-0.3, -0.25) is 14.4 Å². The lowest BCUT2D eigenvalue weighted by Crippen LogP contribution is -2.21. The minimum atomic E-state index is -1.05. The second kappa shape index (κ2) is 12.5. The number of carbonyl (C=O) groups is 4. The van der Waals surface area contributed by atoms with E-state index >= 15 is 0 Å². The van der Waals surface area contributed by atoms with Gasteiger partial charge in [0.1, 0.15) is 35.6 Å². The second-order valence-electron chi connectivity index (χ2n) is 11.0. The lowest BCUT2D eigenvalue weighted by Gasteiger charge is -2.11. The number of aromatic carboxylic acids is 1. The fraction of sp³-hybridized carbons (Fsp3) is 0.125. The molecule has 240 valence electrons. The van der Waals surface area contributed by atoms with Crippen molar-refractivity contribution in [1.82, 2.24) is 34.8 Å². The van der Waals surface area contributed by atoms with Crippen molar-refractivity contribution < 1.29 is 24.3 Å². The first-order chi connectivity index (χ1) is 23.1. The van der Waals surface area contributed by atoms with Gasteiger partial charge in [0.05, 0.1) is 21.9 Å². The Hall–Kier alpha value is -5.74. The predicted octanol–water partition coefficient (Wildman–Crippen LogP) is 5.15. The molecule has 2 aliphatic heterocycles. The number of aromatic amines is 2. The summed E-state index contributed by atoms with van der Waals surface area (Å²) >= 11 is 2.47. The van der Waals surface area contributed by atoms with Gasteiger partial charge in [-0.2, -0.15) is 0 Å². The number of nitrogens with zero attached hydrogens (tertiary/aromatic N) is 5. The topological polar surface area (TPSA) is 199 Å². The van der Waals surface area contributed by atoms with Crippen LogP contribution in [-0.2, 0) is 22.4 Å². The van der Waals surface area contributed by atoms with Crippen LogP contribution in [0.15, 0.2) is 71.2 Å². The Labute approximate surface area is 280 Å². The molecule has 0 radical (unpaired) electrons. The molecule has 16 heteroatoms. The van der Waals surface area contributed by atoms with Gasteiger partial charge in [0.2, 0.25) is 0 Å². The Balaban J connectivity index is 0.000000152. The second-order valence-corrected chi connectivity index (χ2v) is 13.2. The summed E-state index contributed by atoms with van der Waals surface area (Å²) in [6, 6.07) is 11.4. The van der Waals surface area contributed by atoms with E-state index < -0.39 is 5.97 Å². The van der Waals surface area contributed by atoms with Gasteiger partial charge in [-0.1, -0.05) is 35.7 Å².